The Hall–Kier alpha value is -0.650. The van der Waals surface area contributed by atoms with Gasteiger partial charge in [0.05, 0.1) is 32.3 Å². The van der Waals surface area contributed by atoms with Crippen LogP contribution in [-0.4, -0.2) is 50.1 Å². The number of carbonyl (C=O) groups is 1. The number of hydrogen-bond donors (Lipinski definition) is 2. The first-order valence-corrected chi connectivity index (χ1v) is 7.74. The van der Waals surface area contributed by atoms with E-state index in [-0.39, 0.29) is 5.97 Å². The lowest BCUT2D eigenvalue weighted by molar-refractivity contribution is -0.140. The predicted octanol–water partition coefficient (Wildman–Crippen LogP) is 1.49. The quantitative estimate of drug-likeness (QED) is 0.497. The molecular weight excluding hydrogens is 258 g/mol. The molecule has 0 radical (unpaired) electrons. The fourth-order valence-corrected chi connectivity index (χ4v) is 2.71. The van der Waals surface area contributed by atoms with Crippen molar-refractivity contribution >= 4 is 5.97 Å². The highest BCUT2D eigenvalue weighted by Crippen LogP contribution is 2.29. The maximum atomic E-state index is 10.9. The van der Waals surface area contributed by atoms with E-state index < -0.39 is 6.10 Å². The Kier molecular flexibility index (Phi) is 8.82. The number of esters is 1. The van der Waals surface area contributed by atoms with Crippen molar-refractivity contribution in [2.24, 2.45) is 5.92 Å². The van der Waals surface area contributed by atoms with E-state index in [1.807, 2.05) is 0 Å². The fraction of sp³-hybridized carbons (Fsp3) is 0.933. The summed E-state index contributed by atoms with van der Waals surface area (Å²) in [5.74, 6) is 0.402. The van der Waals surface area contributed by atoms with Gasteiger partial charge in [0.15, 0.2) is 0 Å². The minimum Gasteiger partial charge on any atom is -0.469 e. The van der Waals surface area contributed by atoms with Crippen LogP contribution < -0.4 is 5.32 Å². The summed E-state index contributed by atoms with van der Waals surface area (Å²) in [6.45, 7) is 3.54. The molecule has 0 aliphatic heterocycles. The average Bonchev–Trinajstić information content (AvgIpc) is 2.49. The monoisotopic (exact) mass is 287 g/mol. The first kappa shape index (κ1) is 17.4. The SMILES string of the molecule is CCC1CCCCC1OCC(O)CNCCC(=O)OC. The third-order valence-corrected chi connectivity index (χ3v) is 3.98. The lowest BCUT2D eigenvalue weighted by Gasteiger charge is -2.31. The highest BCUT2D eigenvalue weighted by Gasteiger charge is 2.24. The van der Waals surface area contributed by atoms with E-state index in [0.29, 0.717) is 38.1 Å². The molecule has 3 atom stereocenters. The third-order valence-electron chi connectivity index (χ3n) is 3.98. The van der Waals surface area contributed by atoms with Gasteiger partial charge in [-0.3, -0.25) is 4.79 Å². The zero-order valence-corrected chi connectivity index (χ0v) is 12.8. The van der Waals surface area contributed by atoms with Gasteiger partial charge in [-0.05, 0) is 18.8 Å². The van der Waals surface area contributed by atoms with Crippen LogP contribution in [0.25, 0.3) is 0 Å². The Morgan fingerprint density at radius 3 is 2.85 bits per heavy atom. The Labute approximate surface area is 122 Å². The largest absolute Gasteiger partial charge is 0.469 e. The second-order valence-electron chi connectivity index (χ2n) is 5.51. The molecule has 0 saturated heterocycles. The summed E-state index contributed by atoms with van der Waals surface area (Å²) in [5, 5.41) is 12.9. The van der Waals surface area contributed by atoms with Crippen LogP contribution in [0, 0.1) is 5.92 Å². The van der Waals surface area contributed by atoms with E-state index in [1.165, 1.54) is 26.4 Å². The molecule has 0 heterocycles. The second kappa shape index (κ2) is 10.1. The zero-order chi connectivity index (χ0) is 14.8. The lowest BCUT2D eigenvalue weighted by atomic mass is 9.85. The van der Waals surface area contributed by atoms with Crippen molar-refractivity contribution in [3.05, 3.63) is 0 Å². The summed E-state index contributed by atoms with van der Waals surface area (Å²) < 4.78 is 10.4. The van der Waals surface area contributed by atoms with E-state index in [1.54, 1.807) is 0 Å². The smallest absolute Gasteiger partial charge is 0.306 e. The van der Waals surface area contributed by atoms with Gasteiger partial charge in [0, 0.05) is 13.1 Å². The number of rotatable bonds is 9. The predicted molar refractivity (Wildman–Crippen MR) is 77.5 cm³/mol. The van der Waals surface area contributed by atoms with E-state index in [0.717, 1.165) is 12.8 Å². The molecule has 0 aromatic carbocycles. The van der Waals surface area contributed by atoms with Crippen LogP contribution in [0.15, 0.2) is 0 Å². The summed E-state index contributed by atoms with van der Waals surface area (Å²) in [6.07, 6.45) is 6.15. The summed E-state index contributed by atoms with van der Waals surface area (Å²) in [6, 6.07) is 0. The van der Waals surface area contributed by atoms with Crippen LogP contribution in [0.5, 0.6) is 0 Å². The molecule has 5 heteroatoms. The van der Waals surface area contributed by atoms with Gasteiger partial charge in [0.25, 0.3) is 0 Å². The standard InChI is InChI=1S/C15H29NO4/c1-3-12-6-4-5-7-14(12)20-11-13(17)10-16-9-8-15(18)19-2/h12-14,16-17H,3-11H2,1-2H3. The molecule has 0 amide bonds. The number of aliphatic hydroxyl groups is 1. The average molecular weight is 287 g/mol. The molecule has 20 heavy (non-hydrogen) atoms. The summed E-state index contributed by atoms with van der Waals surface area (Å²) in [4.78, 5) is 10.9. The molecule has 118 valence electrons. The van der Waals surface area contributed by atoms with Crippen molar-refractivity contribution < 1.29 is 19.4 Å². The van der Waals surface area contributed by atoms with Crippen molar-refractivity contribution in [1.29, 1.82) is 0 Å². The highest BCUT2D eigenvalue weighted by atomic mass is 16.5. The second-order valence-corrected chi connectivity index (χ2v) is 5.51. The van der Waals surface area contributed by atoms with Gasteiger partial charge in [-0.2, -0.15) is 0 Å². The van der Waals surface area contributed by atoms with E-state index in [2.05, 4.69) is 17.0 Å². The molecule has 1 aliphatic rings. The number of ether oxygens (including phenoxy) is 2. The van der Waals surface area contributed by atoms with Gasteiger partial charge in [-0.1, -0.05) is 26.2 Å². The molecule has 2 N–H and O–H groups in total. The Morgan fingerprint density at radius 1 is 1.40 bits per heavy atom. The van der Waals surface area contributed by atoms with E-state index in [9.17, 15) is 9.90 Å². The number of methoxy groups -OCH3 is 1. The molecule has 5 nitrogen and oxygen atoms in total. The van der Waals surface area contributed by atoms with Gasteiger partial charge in [0.1, 0.15) is 0 Å². The number of carbonyl (C=O) groups excluding carboxylic acids is 1. The van der Waals surface area contributed by atoms with Gasteiger partial charge in [-0.15, -0.1) is 0 Å². The summed E-state index contributed by atoms with van der Waals surface area (Å²) in [7, 11) is 1.37. The zero-order valence-electron chi connectivity index (χ0n) is 12.8. The van der Waals surface area contributed by atoms with Crippen molar-refractivity contribution in [1.82, 2.24) is 5.32 Å². The molecule has 0 bridgehead atoms. The van der Waals surface area contributed by atoms with Gasteiger partial charge < -0.3 is 19.9 Å². The van der Waals surface area contributed by atoms with Gasteiger partial charge in [-0.25, -0.2) is 0 Å². The first-order chi connectivity index (χ1) is 9.67. The van der Waals surface area contributed by atoms with Gasteiger partial charge >= 0.3 is 5.97 Å². The topological polar surface area (TPSA) is 67.8 Å². The normalized spacial score (nSPS) is 24.4. The van der Waals surface area contributed by atoms with Crippen LogP contribution in [0.4, 0.5) is 0 Å². The van der Waals surface area contributed by atoms with E-state index >= 15 is 0 Å². The molecule has 0 aromatic rings. The van der Waals surface area contributed by atoms with Crippen molar-refractivity contribution in [2.45, 2.75) is 57.7 Å². The number of hydrogen-bond acceptors (Lipinski definition) is 5. The summed E-state index contributed by atoms with van der Waals surface area (Å²) in [5.41, 5.74) is 0. The molecule has 1 fully saturated rings. The minimum absolute atomic E-state index is 0.240. The van der Waals surface area contributed by atoms with Crippen LogP contribution in [0.2, 0.25) is 0 Å². The molecule has 0 spiro atoms. The molecular formula is C15H29NO4. The maximum absolute atomic E-state index is 10.9. The Balaban J connectivity index is 2.09. The van der Waals surface area contributed by atoms with Crippen LogP contribution in [0.1, 0.15) is 45.4 Å². The molecule has 0 aromatic heterocycles. The summed E-state index contributed by atoms with van der Waals surface area (Å²) >= 11 is 0. The number of aliphatic hydroxyl groups excluding tert-OH is 1. The molecule has 1 rings (SSSR count). The molecule has 3 unspecified atom stereocenters. The van der Waals surface area contributed by atoms with Crippen molar-refractivity contribution in [2.75, 3.05) is 26.8 Å². The Morgan fingerprint density at radius 2 is 2.15 bits per heavy atom. The van der Waals surface area contributed by atoms with Crippen LogP contribution in [0.3, 0.4) is 0 Å². The Bertz CT molecular complexity index is 273. The molecule has 1 saturated carbocycles. The number of nitrogens with one attached hydrogen (secondary N) is 1. The van der Waals surface area contributed by atoms with Crippen molar-refractivity contribution in [3.8, 4) is 0 Å². The maximum Gasteiger partial charge on any atom is 0.306 e. The van der Waals surface area contributed by atoms with Crippen LogP contribution >= 0.6 is 0 Å². The van der Waals surface area contributed by atoms with Crippen LogP contribution in [-0.2, 0) is 14.3 Å². The van der Waals surface area contributed by atoms with Gasteiger partial charge in [0.2, 0.25) is 0 Å². The van der Waals surface area contributed by atoms with E-state index in [4.69, 9.17) is 4.74 Å². The molecule has 1 aliphatic carbocycles. The first-order valence-electron chi connectivity index (χ1n) is 7.74. The van der Waals surface area contributed by atoms with Crippen molar-refractivity contribution in [3.63, 3.8) is 0 Å². The fourth-order valence-electron chi connectivity index (χ4n) is 2.71. The highest BCUT2D eigenvalue weighted by molar-refractivity contribution is 5.69. The lowest BCUT2D eigenvalue weighted by Crippen LogP contribution is -2.35. The third kappa shape index (κ3) is 6.68. The minimum atomic E-state index is -0.521.